The molecule has 3 heterocycles. The highest BCUT2D eigenvalue weighted by Gasteiger charge is 2.37. The fraction of sp³-hybridized carbons (Fsp3) is 0.500. The average Bonchev–Trinajstić information content (AvgIpc) is 3.38. The summed E-state index contributed by atoms with van der Waals surface area (Å²) in [6.07, 6.45) is 17.7. The molecular weight excluding hydrogens is 568 g/mol. The predicted octanol–water partition coefficient (Wildman–Crippen LogP) is 4.87. The van der Waals surface area contributed by atoms with Crippen molar-refractivity contribution >= 4 is 34.9 Å². The zero-order valence-corrected chi connectivity index (χ0v) is 25.6. The van der Waals surface area contributed by atoms with E-state index in [2.05, 4.69) is 50.7 Å². The molecule has 0 bridgehead atoms. The maximum Gasteiger partial charge on any atom is 0.411 e. The quantitative estimate of drug-likeness (QED) is 0.187. The molecule has 3 fully saturated rings. The lowest BCUT2D eigenvalue weighted by Gasteiger charge is -2.40. The minimum atomic E-state index is -1.10. The number of hydrogen-bond acceptors (Lipinski definition) is 9. The van der Waals surface area contributed by atoms with Crippen LogP contribution >= 0.6 is 0 Å². The van der Waals surface area contributed by atoms with Crippen LogP contribution in [0.2, 0.25) is 0 Å². The molecule has 11 nitrogen and oxygen atoms in total. The van der Waals surface area contributed by atoms with E-state index in [9.17, 15) is 4.79 Å². The van der Waals surface area contributed by atoms with Crippen molar-refractivity contribution in [3.05, 3.63) is 41.7 Å². The van der Waals surface area contributed by atoms with Gasteiger partial charge in [0.25, 0.3) is 5.90 Å². The van der Waals surface area contributed by atoms with Gasteiger partial charge < -0.3 is 30.0 Å². The molecule has 3 aliphatic rings. The van der Waals surface area contributed by atoms with E-state index in [-0.39, 0.29) is 17.9 Å². The van der Waals surface area contributed by atoms with Crippen LogP contribution in [0.4, 0.5) is 16.6 Å². The van der Waals surface area contributed by atoms with Crippen LogP contribution in [-0.4, -0.2) is 56.8 Å². The standard InChI is InChI=1S/C34H40N8O3/c1-4-22-14-16-23(17-15-22)20-42-28-30(37-21(3)24-12-9-13-24)38-32(29(35)45-33(36)43)39-31(28)40-34(42)41-18-19-44-26(5-2)27(41)25-10-7-6-8-11-25/h1-2,6-8,10-11,21-24,26-27,35H,9,12-20H2,3H3,(H2,36,43)(H,37,38,39)/t21-,22-,23-,26+,27-/m1/s1. The number of nitrogens with zero attached hydrogens (tertiary/aromatic N) is 5. The largest absolute Gasteiger partial charge is 0.411 e. The van der Waals surface area contributed by atoms with Gasteiger partial charge in [-0.15, -0.1) is 18.8 Å². The van der Waals surface area contributed by atoms with Crippen molar-refractivity contribution in [2.75, 3.05) is 23.4 Å². The number of hydrogen-bond donors (Lipinski definition) is 3. The summed E-state index contributed by atoms with van der Waals surface area (Å²) in [7, 11) is 0. The van der Waals surface area contributed by atoms with Gasteiger partial charge in [-0.25, -0.2) is 14.8 Å². The summed E-state index contributed by atoms with van der Waals surface area (Å²) < 4.78 is 13.2. The summed E-state index contributed by atoms with van der Waals surface area (Å²) in [5, 5.41) is 12.0. The lowest BCUT2D eigenvalue weighted by Crippen LogP contribution is -2.46. The smallest absolute Gasteiger partial charge is 0.388 e. The van der Waals surface area contributed by atoms with E-state index < -0.39 is 18.1 Å². The summed E-state index contributed by atoms with van der Waals surface area (Å²) in [6, 6.07) is 9.91. The number of nitrogens with two attached hydrogens (primary N) is 1. The minimum Gasteiger partial charge on any atom is -0.388 e. The third kappa shape index (κ3) is 6.31. The number of carbonyl (C=O) groups is 1. The normalized spacial score (nSPS) is 24.2. The maximum absolute atomic E-state index is 11.5. The van der Waals surface area contributed by atoms with E-state index in [0.29, 0.717) is 54.9 Å². The van der Waals surface area contributed by atoms with Gasteiger partial charge in [-0.2, -0.15) is 4.98 Å². The van der Waals surface area contributed by atoms with Gasteiger partial charge in [0.05, 0.1) is 12.6 Å². The van der Waals surface area contributed by atoms with Gasteiger partial charge in [-0.3, -0.25) is 5.41 Å². The molecule has 1 aliphatic heterocycles. The lowest BCUT2D eigenvalue weighted by atomic mass is 9.80. The van der Waals surface area contributed by atoms with Crippen LogP contribution in [0.25, 0.3) is 11.2 Å². The minimum absolute atomic E-state index is 0.0709. The Kier molecular flexibility index (Phi) is 8.90. The summed E-state index contributed by atoms with van der Waals surface area (Å²) in [6.45, 7) is 3.84. The number of rotatable bonds is 8. The first kappa shape index (κ1) is 30.4. The van der Waals surface area contributed by atoms with Crippen molar-refractivity contribution in [2.24, 2.45) is 23.5 Å². The average molecular weight is 609 g/mol. The van der Waals surface area contributed by atoms with Crippen LogP contribution in [0.5, 0.6) is 0 Å². The number of aromatic nitrogens is 4. The van der Waals surface area contributed by atoms with Crippen LogP contribution < -0.4 is 16.0 Å². The Morgan fingerprint density at radius 2 is 1.89 bits per heavy atom. The zero-order valence-electron chi connectivity index (χ0n) is 25.6. The van der Waals surface area contributed by atoms with Gasteiger partial charge in [-0.1, -0.05) is 42.7 Å². The lowest BCUT2D eigenvalue weighted by molar-refractivity contribution is 0.0470. The molecule has 0 spiro atoms. The Bertz CT molecular complexity index is 1630. The van der Waals surface area contributed by atoms with Crippen molar-refractivity contribution in [1.82, 2.24) is 19.5 Å². The fourth-order valence-electron chi connectivity index (χ4n) is 6.85. The number of anilines is 2. The third-order valence-electron chi connectivity index (χ3n) is 9.55. The number of terminal acetylenes is 2. The molecule has 2 saturated carbocycles. The number of morpholine rings is 1. The Morgan fingerprint density at radius 1 is 1.13 bits per heavy atom. The second-order valence-electron chi connectivity index (χ2n) is 12.4. The number of benzene rings is 1. The molecule has 4 N–H and O–H groups in total. The number of nitrogens with one attached hydrogen (secondary N) is 2. The Balaban J connectivity index is 1.51. The number of carbonyl (C=O) groups excluding carboxylic acids is 1. The second kappa shape index (κ2) is 13.2. The first-order valence-corrected chi connectivity index (χ1v) is 15.8. The second-order valence-corrected chi connectivity index (χ2v) is 12.4. The molecule has 1 saturated heterocycles. The predicted molar refractivity (Wildman–Crippen MR) is 173 cm³/mol. The van der Waals surface area contributed by atoms with Gasteiger partial charge >= 0.3 is 6.09 Å². The van der Waals surface area contributed by atoms with Crippen molar-refractivity contribution < 1.29 is 14.3 Å². The molecule has 1 amide bonds. The highest BCUT2D eigenvalue weighted by Crippen LogP contribution is 2.39. The topological polar surface area (TPSA) is 144 Å². The molecule has 2 aromatic heterocycles. The fourth-order valence-corrected chi connectivity index (χ4v) is 6.85. The molecular formula is C34H40N8O3. The highest BCUT2D eigenvalue weighted by atomic mass is 16.6. The molecule has 0 unspecified atom stereocenters. The van der Waals surface area contributed by atoms with Crippen LogP contribution in [0.15, 0.2) is 30.3 Å². The molecule has 2 aliphatic carbocycles. The van der Waals surface area contributed by atoms with Crippen LogP contribution in [0, 0.1) is 47.9 Å². The third-order valence-corrected chi connectivity index (χ3v) is 9.55. The van der Waals surface area contributed by atoms with E-state index in [1.165, 1.54) is 6.42 Å². The van der Waals surface area contributed by atoms with Crippen molar-refractivity contribution in [2.45, 2.75) is 76.6 Å². The van der Waals surface area contributed by atoms with E-state index in [1.54, 1.807) is 0 Å². The van der Waals surface area contributed by atoms with Gasteiger partial charge in [-0.05, 0) is 62.8 Å². The summed E-state index contributed by atoms with van der Waals surface area (Å²) in [5.74, 6) is 7.62. The van der Waals surface area contributed by atoms with Crippen molar-refractivity contribution in [1.29, 1.82) is 5.41 Å². The van der Waals surface area contributed by atoms with Crippen molar-refractivity contribution in [3.8, 4) is 24.7 Å². The molecule has 1 aromatic carbocycles. The Morgan fingerprint density at radius 3 is 2.53 bits per heavy atom. The molecule has 0 radical (unpaired) electrons. The van der Waals surface area contributed by atoms with Crippen LogP contribution in [-0.2, 0) is 16.0 Å². The SMILES string of the molecule is C#C[C@@H]1OCCN(c2nc3nc(C(=N)OC(N)=O)nc(N[C@H](C)C4CCC4)c3n2C[C@H]2CC[C@H](C#C)CC2)[C@@H]1c1ccccc1. The molecule has 3 atom stereocenters. The number of amides is 1. The van der Waals surface area contributed by atoms with E-state index in [0.717, 1.165) is 49.6 Å². The van der Waals surface area contributed by atoms with Crippen molar-refractivity contribution in [3.63, 3.8) is 0 Å². The zero-order chi connectivity index (χ0) is 31.5. The van der Waals surface area contributed by atoms with Gasteiger partial charge in [0.15, 0.2) is 11.5 Å². The molecule has 234 valence electrons. The number of imidazole rings is 1. The first-order valence-electron chi connectivity index (χ1n) is 15.8. The molecule has 45 heavy (non-hydrogen) atoms. The molecule has 11 heteroatoms. The number of primary amides is 1. The Hall–Kier alpha value is -4.61. The van der Waals surface area contributed by atoms with Gasteiger partial charge in [0.2, 0.25) is 11.8 Å². The maximum atomic E-state index is 11.5. The van der Waals surface area contributed by atoms with E-state index in [1.807, 2.05) is 18.2 Å². The van der Waals surface area contributed by atoms with Crippen LogP contribution in [0.3, 0.4) is 0 Å². The van der Waals surface area contributed by atoms with E-state index in [4.69, 9.17) is 43.4 Å². The van der Waals surface area contributed by atoms with Gasteiger partial charge in [0.1, 0.15) is 11.6 Å². The Labute approximate surface area is 263 Å². The summed E-state index contributed by atoms with van der Waals surface area (Å²) >= 11 is 0. The highest BCUT2D eigenvalue weighted by molar-refractivity contribution is 5.98. The number of fused-ring (bicyclic) bond motifs is 1. The monoisotopic (exact) mass is 608 g/mol. The number of ether oxygens (including phenoxy) is 2. The van der Waals surface area contributed by atoms with Crippen LogP contribution in [0.1, 0.15) is 69.3 Å². The molecule has 3 aromatic rings. The van der Waals surface area contributed by atoms with E-state index >= 15 is 0 Å². The first-order chi connectivity index (χ1) is 21.9. The molecule has 6 rings (SSSR count). The van der Waals surface area contributed by atoms with Gasteiger partial charge in [0, 0.05) is 25.0 Å². The summed E-state index contributed by atoms with van der Waals surface area (Å²) in [4.78, 5) is 28.2. The summed E-state index contributed by atoms with van der Waals surface area (Å²) in [5.41, 5.74) is 7.39.